The lowest BCUT2D eigenvalue weighted by Gasteiger charge is -2.13. The van der Waals surface area contributed by atoms with Crippen molar-refractivity contribution in [2.45, 2.75) is 6.36 Å². The SMILES string of the molecule is O=C(Nc1ccccc1OC(F)(F)F)c1csc(Nc2ncccn2)n1. The van der Waals surface area contributed by atoms with Gasteiger partial charge in [-0.25, -0.2) is 15.0 Å². The number of hydrogen-bond acceptors (Lipinski definition) is 7. The number of amides is 1. The number of nitrogens with zero attached hydrogens (tertiary/aromatic N) is 3. The lowest BCUT2D eigenvalue weighted by molar-refractivity contribution is -0.274. The molecule has 0 saturated carbocycles. The first-order chi connectivity index (χ1) is 12.4. The summed E-state index contributed by atoms with van der Waals surface area (Å²) < 4.78 is 41.2. The number of para-hydroxylation sites is 2. The van der Waals surface area contributed by atoms with Gasteiger partial charge in [-0.2, -0.15) is 0 Å². The fourth-order valence-electron chi connectivity index (χ4n) is 1.86. The van der Waals surface area contributed by atoms with E-state index in [1.54, 1.807) is 6.07 Å². The van der Waals surface area contributed by atoms with Crippen molar-refractivity contribution in [1.82, 2.24) is 15.0 Å². The molecule has 1 amide bonds. The van der Waals surface area contributed by atoms with Crippen LogP contribution in [0.5, 0.6) is 5.75 Å². The van der Waals surface area contributed by atoms with Gasteiger partial charge in [0.25, 0.3) is 5.91 Å². The number of thiazole rings is 1. The van der Waals surface area contributed by atoms with E-state index in [1.165, 1.54) is 36.0 Å². The van der Waals surface area contributed by atoms with Crippen molar-refractivity contribution in [2.24, 2.45) is 0 Å². The Labute approximate surface area is 148 Å². The molecular weight excluding hydrogens is 371 g/mol. The average molecular weight is 381 g/mol. The fourth-order valence-corrected chi connectivity index (χ4v) is 2.55. The molecule has 11 heteroatoms. The maximum absolute atomic E-state index is 12.4. The number of ether oxygens (including phenoxy) is 1. The van der Waals surface area contributed by atoms with Gasteiger partial charge >= 0.3 is 6.36 Å². The molecule has 2 N–H and O–H groups in total. The number of rotatable bonds is 5. The zero-order chi connectivity index (χ0) is 18.6. The second kappa shape index (κ2) is 7.35. The predicted molar refractivity (Wildman–Crippen MR) is 88.5 cm³/mol. The van der Waals surface area contributed by atoms with Crippen LogP contribution >= 0.6 is 11.3 Å². The van der Waals surface area contributed by atoms with Crippen LogP contribution in [0.1, 0.15) is 10.5 Å². The van der Waals surface area contributed by atoms with Crippen molar-refractivity contribution in [2.75, 3.05) is 10.6 Å². The van der Waals surface area contributed by atoms with Crippen LogP contribution in [0.25, 0.3) is 0 Å². The summed E-state index contributed by atoms with van der Waals surface area (Å²) in [5.74, 6) is -0.890. The van der Waals surface area contributed by atoms with Gasteiger partial charge in [-0.05, 0) is 18.2 Å². The third kappa shape index (κ3) is 4.66. The molecule has 0 spiro atoms. The minimum atomic E-state index is -4.87. The summed E-state index contributed by atoms with van der Waals surface area (Å²) >= 11 is 1.12. The summed E-state index contributed by atoms with van der Waals surface area (Å²) in [5.41, 5.74) is -0.0982. The van der Waals surface area contributed by atoms with E-state index < -0.39 is 18.0 Å². The Balaban J connectivity index is 1.71. The van der Waals surface area contributed by atoms with Crippen molar-refractivity contribution in [3.05, 3.63) is 53.8 Å². The van der Waals surface area contributed by atoms with E-state index in [-0.39, 0.29) is 11.4 Å². The monoisotopic (exact) mass is 381 g/mol. The highest BCUT2D eigenvalue weighted by Crippen LogP contribution is 2.30. The Morgan fingerprint density at radius 3 is 2.58 bits per heavy atom. The molecular formula is C15H10F3N5O2S. The molecule has 0 aliphatic carbocycles. The van der Waals surface area contributed by atoms with Crippen molar-refractivity contribution in [3.8, 4) is 5.75 Å². The standard InChI is InChI=1S/C15H10F3N5O2S/c16-15(17,18)25-11-5-2-1-4-9(11)21-12(24)10-8-26-14(22-10)23-13-19-6-3-7-20-13/h1-8H,(H,21,24)(H,19,20,22,23). The maximum atomic E-state index is 12.4. The third-order valence-corrected chi connectivity index (χ3v) is 3.64. The van der Waals surface area contributed by atoms with E-state index in [0.717, 1.165) is 17.4 Å². The molecule has 0 unspecified atom stereocenters. The van der Waals surface area contributed by atoms with E-state index in [0.29, 0.717) is 11.1 Å². The maximum Gasteiger partial charge on any atom is 0.573 e. The van der Waals surface area contributed by atoms with Crippen molar-refractivity contribution < 1.29 is 22.7 Å². The molecule has 26 heavy (non-hydrogen) atoms. The van der Waals surface area contributed by atoms with Gasteiger partial charge in [0.15, 0.2) is 10.9 Å². The first-order valence-corrected chi connectivity index (χ1v) is 7.94. The second-order valence-corrected chi connectivity index (χ2v) is 5.59. The van der Waals surface area contributed by atoms with Crippen LogP contribution in [0.15, 0.2) is 48.1 Å². The Morgan fingerprint density at radius 1 is 1.12 bits per heavy atom. The Kier molecular flexibility index (Phi) is 4.98. The van der Waals surface area contributed by atoms with Gasteiger partial charge in [0, 0.05) is 17.8 Å². The topological polar surface area (TPSA) is 89.0 Å². The highest BCUT2D eigenvalue weighted by Gasteiger charge is 2.32. The first-order valence-electron chi connectivity index (χ1n) is 7.06. The quantitative estimate of drug-likeness (QED) is 0.698. The van der Waals surface area contributed by atoms with Gasteiger partial charge < -0.3 is 15.4 Å². The molecule has 3 aromatic rings. The number of halogens is 3. The summed E-state index contributed by atoms with van der Waals surface area (Å²) in [6, 6.07) is 6.87. The van der Waals surface area contributed by atoms with Crippen molar-refractivity contribution in [3.63, 3.8) is 0 Å². The molecule has 3 rings (SSSR count). The van der Waals surface area contributed by atoms with Gasteiger partial charge in [0.1, 0.15) is 5.69 Å². The Bertz CT molecular complexity index is 902. The second-order valence-electron chi connectivity index (χ2n) is 4.73. The molecule has 0 saturated heterocycles. The molecule has 0 aliphatic rings. The van der Waals surface area contributed by atoms with E-state index in [9.17, 15) is 18.0 Å². The normalized spacial score (nSPS) is 11.0. The smallest absolute Gasteiger partial charge is 0.404 e. The number of aromatic nitrogens is 3. The molecule has 0 atom stereocenters. The summed E-state index contributed by atoms with van der Waals surface area (Å²) in [4.78, 5) is 24.2. The van der Waals surface area contributed by atoms with Gasteiger partial charge in [-0.3, -0.25) is 4.79 Å². The molecule has 0 radical (unpaired) electrons. The Morgan fingerprint density at radius 2 is 1.85 bits per heavy atom. The molecule has 2 aromatic heterocycles. The fraction of sp³-hybridized carbons (Fsp3) is 0.0667. The van der Waals surface area contributed by atoms with Crippen LogP contribution in [-0.4, -0.2) is 27.2 Å². The zero-order valence-electron chi connectivity index (χ0n) is 12.8. The minimum absolute atomic E-state index is 0.0234. The van der Waals surface area contributed by atoms with Crippen LogP contribution in [0, 0.1) is 0 Å². The summed E-state index contributed by atoms with van der Waals surface area (Å²) in [7, 11) is 0. The van der Waals surface area contributed by atoms with Crippen LogP contribution in [0.4, 0.5) is 29.9 Å². The minimum Gasteiger partial charge on any atom is -0.404 e. The predicted octanol–water partition coefficient (Wildman–Crippen LogP) is 3.83. The van der Waals surface area contributed by atoms with E-state index in [1.807, 2.05) is 0 Å². The number of anilines is 3. The molecule has 2 heterocycles. The van der Waals surface area contributed by atoms with E-state index >= 15 is 0 Å². The summed E-state index contributed by atoms with van der Waals surface area (Å²) in [6.07, 6.45) is -1.80. The van der Waals surface area contributed by atoms with Crippen LogP contribution in [0.3, 0.4) is 0 Å². The summed E-state index contributed by atoms with van der Waals surface area (Å²) in [6.45, 7) is 0. The Hall–Kier alpha value is -3.21. The molecule has 0 aliphatic heterocycles. The molecule has 134 valence electrons. The number of hydrogen-bond donors (Lipinski definition) is 2. The lowest BCUT2D eigenvalue weighted by atomic mass is 10.3. The van der Waals surface area contributed by atoms with E-state index in [2.05, 4.69) is 30.3 Å². The largest absolute Gasteiger partial charge is 0.573 e. The van der Waals surface area contributed by atoms with Gasteiger partial charge in [0.05, 0.1) is 5.69 Å². The average Bonchev–Trinajstić information content (AvgIpc) is 3.05. The molecule has 1 aromatic carbocycles. The number of alkyl halides is 3. The highest BCUT2D eigenvalue weighted by molar-refractivity contribution is 7.14. The van der Waals surface area contributed by atoms with Crippen LogP contribution in [-0.2, 0) is 0 Å². The highest BCUT2D eigenvalue weighted by atomic mass is 32.1. The van der Waals surface area contributed by atoms with Crippen molar-refractivity contribution in [1.29, 1.82) is 0 Å². The zero-order valence-corrected chi connectivity index (χ0v) is 13.6. The van der Waals surface area contributed by atoms with E-state index in [4.69, 9.17) is 0 Å². The van der Waals surface area contributed by atoms with Gasteiger partial charge in [-0.1, -0.05) is 12.1 Å². The first kappa shape index (κ1) is 17.6. The number of benzene rings is 1. The molecule has 7 nitrogen and oxygen atoms in total. The third-order valence-electron chi connectivity index (χ3n) is 2.88. The number of carbonyl (C=O) groups excluding carboxylic acids is 1. The van der Waals surface area contributed by atoms with Gasteiger partial charge in [-0.15, -0.1) is 24.5 Å². The van der Waals surface area contributed by atoms with Crippen molar-refractivity contribution >= 4 is 34.0 Å². The molecule has 0 bridgehead atoms. The number of carbonyl (C=O) groups is 1. The molecule has 0 fully saturated rings. The van der Waals surface area contributed by atoms with Crippen LogP contribution < -0.4 is 15.4 Å². The lowest BCUT2D eigenvalue weighted by Crippen LogP contribution is -2.19. The summed E-state index contributed by atoms with van der Waals surface area (Å²) in [5, 5.41) is 6.98. The van der Waals surface area contributed by atoms with Crippen LogP contribution in [0.2, 0.25) is 0 Å². The number of nitrogens with one attached hydrogen (secondary N) is 2. The van der Waals surface area contributed by atoms with Gasteiger partial charge in [0.2, 0.25) is 5.95 Å².